The summed E-state index contributed by atoms with van der Waals surface area (Å²) in [6, 6.07) is 13.2. The number of rotatable bonds is 5. The van der Waals surface area contributed by atoms with E-state index in [2.05, 4.69) is 10.1 Å². The Kier molecular flexibility index (Phi) is 4.57. The third-order valence-corrected chi connectivity index (χ3v) is 2.75. The highest BCUT2D eigenvalue weighted by atomic mass is 19.4. The summed E-state index contributed by atoms with van der Waals surface area (Å²) in [4.78, 5) is 0. The summed E-state index contributed by atoms with van der Waals surface area (Å²) in [6.45, 7) is 0.208. The lowest BCUT2D eigenvalue weighted by molar-refractivity contribution is -0.274. The van der Waals surface area contributed by atoms with Crippen LogP contribution in [0.15, 0.2) is 48.5 Å². The highest BCUT2D eigenvalue weighted by Crippen LogP contribution is 2.27. The molecule has 0 amide bonds. The number of para-hydroxylation sites is 1. The van der Waals surface area contributed by atoms with Crippen molar-refractivity contribution >= 4 is 5.69 Å². The number of methoxy groups -OCH3 is 1. The SMILES string of the molecule is COc1cccc(NCc2ccccc2OC(F)(F)F)c1. The molecule has 3 nitrogen and oxygen atoms in total. The molecule has 2 aromatic rings. The van der Waals surface area contributed by atoms with Gasteiger partial charge in [0.2, 0.25) is 0 Å². The zero-order valence-corrected chi connectivity index (χ0v) is 11.3. The Morgan fingerprint density at radius 3 is 2.52 bits per heavy atom. The first-order valence-corrected chi connectivity index (χ1v) is 6.19. The van der Waals surface area contributed by atoms with E-state index in [4.69, 9.17) is 4.74 Å². The minimum atomic E-state index is -4.70. The van der Waals surface area contributed by atoms with Gasteiger partial charge >= 0.3 is 6.36 Å². The number of hydrogen-bond acceptors (Lipinski definition) is 3. The van der Waals surface area contributed by atoms with Crippen LogP contribution in [-0.2, 0) is 6.54 Å². The lowest BCUT2D eigenvalue weighted by Crippen LogP contribution is -2.18. The van der Waals surface area contributed by atoms with Gasteiger partial charge in [0.05, 0.1) is 7.11 Å². The minimum absolute atomic E-state index is 0.208. The van der Waals surface area contributed by atoms with Crippen LogP contribution >= 0.6 is 0 Å². The molecule has 0 radical (unpaired) electrons. The highest BCUT2D eigenvalue weighted by molar-refractivity contribution is 5.49. The predicted octanol–water partition coefficient (Wildman–Crippen LogP) is 4.21. The van der Waals surface area contributed by atoms with Gasteiger partial charge in [0, 0.05) is 23.9 Å². The van der Waals surface area contributed by atoms with Gasteiger partial charge in [0.15, 0.2) is 0 Å². The van der Waals surface area contributed by atoms with Crippen molar-refractivity contribution in [3.05, 3.63) is 54.1 Å². The van der Waals surface area contributed by atoms with Crippen molar-refractivity contribution < 1.29 is 22.6 Å². The second-order valence-electron chi connectivity index (χ2n) is 4.24. The Morgan fingerprint density at radius 2 is 1.81 bits per heavy atom. The van der Waals surface area contributed by atoms with E-state index in [-0.39, 0.29) is 12.3 Å². The lowest BCUT2D eigenvalue weighted by Gasteiger charge is -2.14. The molecule has 21 heavy (non-hydrogen) atoms. The van der Waals surface area contributed by atoms with Gasteiger partial charge in [-0.3, -0.25) is 0 Å². The van der Waals surface area contributed by atoms with Crippen molar-refractivity contribution in [2.75, 3.05) is 12.4 Å². The molecular weight excluding hydrogens is 283 g/mol. The third-order valence-electron chi connectivity index (χ3n) is 2.75. The van der Waals surface area contributed by atoms with E-state index in [0.717, 1.165) is 5.69 Å². The first kappa shape index (κ1) is 15.0. The van der Waals surface area contributed by atoms with Crippen LogP contribution in [0.1, 0.15) is 5.56 Å². The zero-order chi connectivity index (χ0) is 15.3. The molecule has 0 bridgehead atoms. The number of halogens is 3. The van der Waals surface area contributed by atoms with E-state index in [0.29, 0.717) is 11.3 Å². The van der Waals surface area contributed by atoms with E-state index >= 15 is 0 Å². The van der Waals surface area contributed by atoms with Crippen LogP contribution < -0.4 is 14.8 Å². The van der Waals surface area contributed by atoms with E-state index < -0.39 is 6.36 Å². The molecule has 2 aromatic carbocycles. The first-order chi connectivity index (χ1) is 9.98. The van der Waals surface area contributed by atoms with Gasteiger partial charge in [0.1, 0.15) is 11.5 Å². The van der Waals surface area contributed by atoms with Gasteiger partial charge < -0.3 is 14.8 Å². The summed E-state index contributed by atoms with van der Waals surface area (Å²) in [6.07, 6.45) is -4.70. The van der Waals surface area contributed by atoms with Crippen LogP contribution in [0.4, 0.5) is 18.9 Å². The third kappa shape index (κ3) is 4.59. The largest absolute Gasteiger partial charge is 0.573 e. The van der Waals surface area contributed by atoms with E-state index in [9.17, 15) is 13.2 Å². The smallest absolute Gasteiger partial charge is 0.497 e. The normalized spacial score (nSPS) is 11.0. The molecule has 0 spiro atoms. The number of ether oxygens (including phenoxy) is 2. The van der Waals surface area contributed by atoms with Crippen LogP contribution in [0, 0.1) is 0 Å². The quantitative estimate of drug-likeness (QED) is 0.897. The van der Waals surface area contributed by atoms with Crippen molar-refractivity contribution in [1.82, 2.24) is 0 Å². The van der Waals surface area contributed by atoms with Crippen LogP contribution in [-0.4, -0.2) is 13.5 Å². The molecule has 6 heteroatoms. The average Bonchev–Trinajstić information content (AvgIpc) is 2.45. The maximum atomic E-state index is 12.3. The molecule has 2 rings (SSSR count). The monoisotopic (exact) mass is 297 g/mol. The molecule has 112 valence electrons. The number of anilines is 1. The van der Waals surface area contributed by atoms with Crippen LogP contribution in [0.25, 0.3) is 0 Å². The topological polar surface area (TPSA) is 30.5 Å². The van der Waals surface area contributed by atoms with Crippen molar-refractivity contribution in [3.8, 4) is 11.5 Å². The Labute approximate surface area is 120 Å². The second-order valence-corrected chi connectivity index (χ2v) is 4.24. The summed E-state index contributed by atoms with van der Waals surface area (Å²) in [7, 11) is 1.55. The van der Waals surface area contributed by atoms with Crippen molar-refractivity contribution in [3.63, 3.8) is 0 Å². The fourth-order valence-electron chi connectivity index (χ4n) is 1.80. The van der Waals surface area contributed by atoms with E-state index in [1.165, 1.54) is 12.1 Å². The van der Waals surface area contributed by atoms with E-state index in [1.807, 2.05) is 0 Å². The van der Waals surface area contributed by atoms with Crippen LogP contribution in [0.2, 0.25) is 0 Å². The maximum absolute atomic E-state index is 12.3. The molecule has 0 aromatic heterocycles. The number of alkyl halides is 3. The lowest BCUT2D eigenvalue weighted by atomic mass is 10.2. The number of hydrogen-bond donors (Lipinski definition) is 1. The Balaban J connectivity index is 2.09. The summed E-state index contributed by atoms with van der Waals surface area (Å²) in [5.74, 6) is 0.459. The van der Waals surface area contributed by atoms with Crippen LogP contribution in [0.3, 0.4) is 0 Å². The second kappa shape index (κ2) is 6.39. The first-order valence-electron chi connectivity index (χ1n) is 6.19. The molecule has 1 N–H and O–H groups in total. The maximum Gasteiger partial charge on any atom is 0.573 e. The summed E-state index contributed by atoms with van der Waals surface area (Å²) in [5, 5.41) is 3.03. The average molecular weight is 297 g/mol. The molecule has 0 saturated heterocycles. The summed E-state index contributed by atoms with van der Waals surface area (Å²) >= 11 is 0. The predicted molar refractivity (Wildman–Crippen MR) is 73.4 cm³/mol. The van der Waals surface area contributed by atoms with E-state index in [1.54, 1.807) is 43.5 Å². The van der Waals surface area contributed by atoms with Crippen molar-refractivity contribution in [1.29, 1.82) is 0 Å². The van der Waals surface area contributed by atoms with Gasteiger partial charge in [-0.15, -0.1) is 13.2 Å². The van der Waals surface area contributed by atoms with Gasteiger partial charge in [-0.05, 0) is 18.2 Å². The van der Waals surface area contributed by atoms with Crippen LogP contribution in [0.5, 0.6) is 11.5 Å². The molecule has 0 fully saturated rings. The van der Waals surface area contributed by atoms with Gasteiger partial charge in [0.25, 0.3) is 0 Å². The van der Waals surface area contributed by atoms with Gasteiger partial charge in [-0.1, -0.05) is 24.3 Å². The molecular formula is C15H14F3NO2. The molecule has 0 heterocycles. The fraction of sp³-hybridized carbons (Fsp3) is 0.200. The summed E-state index contributed by atoms with van der Waals surface area (Å²) < 4.78 is 46.1. The van der Waals surface area contributed by atoms with Gasteiger partial charge in [-0.2, -0.15) is 0 Å². The highest BCUT2D eigenvalue weighted by Gasteiger charge is 2.31. The summed E-state index contributed by atoms with van der Waals surface area (Å²) in [5.41, 5.74) is 1.16. The Hall–Kier alpha value is -2.37. The molecule has 0 unspecified atom stereocenters. The Bertz CT molecular complexity index is 599. The zero-order valence-electron chi connectivity index (χ0n) is 11.3. The molecule has 0 aliphatic carbocycles. The fourth-order valence-corrected chi connectivity index (χ4v) is 1.80. The number of benzene rings is 2. The standard InChI is InChI=1S/C15H14F3NO2/c1-20-13-7-4-6-12(9-13)19-10-11-5-2-3-8-14(11)21-15(16,17)18/h2-9,19H,10H2,1H3. The molecule has 0 saturated carbocycles. The molecule has 0 aliphatic rings. The minimum Gasteiger partial charge on any atom is -0.497 e. The molecule has 0 aliphatic heterocycles. The number of nitrogens with one attached hydrogen (secondary N) is 1. The van der Waals surface area contributed by atoms with Crippen molar-refractivity contribution in [2.45, 2.75) is 12.9 Å². The van der Waals surface area contributed by atoms with Crippen molar-refractivity contribution in [2.24, 2.45) is 0 Å². The van der Waals surface area contributed by atoms with Gasteiger partial charge in [-0.25, -0.2) is 0 Å². The molecule has 0 atom stereocenters. The Morgan fingerprint density at radius 1 is 1.05 bits per heavy atom.